The minimum absolute atomic E-state index is 0.0994. The Kier molecular flexibility index (Phi) is 2.78. The summed E-state index contributed by atoms with van der Waals surface area (Å²) in [5, 5.41) is 9.31. The summed E-state index contributed by atoms with van der Waals surface area (Å²) < 4.78 is 0. The molecule has 1 amide bonds. The quantitative estimate of drug-likeness (QED) is 0.551. The van der Waals surface area contributed by atoms with Gasteiger partial charge in [-0.05, 0) is 5.57 Å². The lowest BCUT2D eigenvalue weighted by Crippen LogP contribution is -2.68. The lowest BCUT2D eigenvalue weighted by molar-refractivity contribution is -0.147. The van der Waals surface area contributed by atoms with Crippen LogP contribution in [0.5, 0.6) is 0 Å². The van der Waals surface area contributed by atoms with Crippen molar-refractivity contribution in [3.05, 3.63) is 11.3 Å². The SMILES string of the molecule is N[C@@H]1C(=O)N2C(C(=O)O)=C(CBr)CS[C@@H]12. The van der Waals surface area contributed by atoms with Crippen LogP contribution in [0.4, 0.5) is 0 Å². The van der Waals surface area contributed by atoms with E-state index in [1.807, 2.05) is 0 Å². The van der Waals surface area contributed by atoms with E-state index >= 15 is 0 Å². The Morgan fingerprint density at radius 1 is 1.73 bits per heavy atom. The average Bonchev–Trinajstić information content (AvgIpc) is 2.25. The van der Waals surface area contributed by atoms with E-state index in [-0.39, 0.29) is 17.0 Å². The molecule has 0 aromatic carbocycles. The van der Waals surface area contributed by atoms with Crippen molar-refractivity contribution < 1.29 is 14.7 Å². The van der Waals surface area contributed by atoms with Gasteiger partial charge in [0, 0.05) is 11.1 Å². The van der Waals surface area contributed by atoms with Gasteiger partial charge in [0.05, 0.1) is 0 Å². The summed E-state index contributed by atoms with van der Waals surface area (Å²) in [5.74, 6) is -0.757. The normalized spacial score (nSPS) is 30.0. The van der Waals surface area contributed by atoms with Crippen LogP contribution in [0, 0.1) is 0 Å². The van der Waals surface area contributed by atoms with Crippen LogP contribution in [0.25, 0.3) is 0 Å². The number of fused-ring (bicyclic) bond motifs is 1. The summed E-state index contributed by atoms with van der Waals surface area (Å²) in [6, 6.07) is -0.554. The van der Waals surface area contributed by atoms with Gasteiger partial charge < -0.3 is 10.8 Å². The van der Waals surface area contributed by atoms with Gasteiger partial charge in [-0.1, -0.05) is 15.9 Å². The third-order valence-corrected chi connectivity index (χ3v) is 4.49. The third kappa shape index (κ3) is 1.49. The van der Waals surface area contributed by atoms with Gasteiger partial charge in [-0.3, -0.25) is 9.69 Å². The highest BCUT2D eigenvalue weighted by molar-refractivity contribution is 9.09. The number of alkyl halides is 1. The van der Waals surface area contributed by atoms with Gasteiger partial charge in [-0.15, -0.1) is 11.8 Å². The number of carboxylic acids is 1. The fraction of sp³-hybridized carbons (Fsp3) is 0.500. The first-order valence-electron chi connectivity index (χ1n) is 4.29. The molecular weight excluding hydrogens is 284 g/mol. The standard InChI is InChI=1S/C8H9BrN2O3S/c9-1-3-2-15-7-4(10)6(12)11(7)5(3)8(13)14/h4,7H,1-2,10H2,(H,13,14)/t4-,7+/m1/s1. The number of hydrogen-bond donors (Lipinski definition) is 2. The maximum atomic E-state index is 11.4. The van der Waals surface area contributed by atoms with E-state index in [0.717, 1.165) is 5.57 Å². The highest BCUT2D eigenvalue weighted by atomic mass is 79.9. The van der Waals surface area contributed by atoms with Gasteiger partial charge in [-0.2, -0.15) is 0 Å². The molecule has 7 heteroatoms. The number of thioether (sulfide) groups is 1. The zero-order valence-corrected chi connectivity index (χ0v) is 10.0. The van der Waals surface area contributed by atoms with Crippen LogP contribution in [-0.4, -0.2) is 44.4 Å². The molecule has 2 aliphatic heterocycles. The van der Waals surface area contributed by atoms with Crippen molar-refractivity contribution in [3.8, 4) is 0 Å². The summed E-state index contributed by atoms with van der Waals surface area (Å²) in [5.41, 5.74) is 6.41. The van der Waals surface area contributed by atoms with Crippen LogP contribution < -0.4 is 5.73 Å². The van der Waals surface area contributed by atoms with E-state index in [0.29, 0.717) is 11.1 Å². The minimum atomic E-state index is -1.06. The summed E-state index contributed by atoms with van der Waals surface area (Å²) in [7, 11) is 0. The summed E-state index contributed by atoms with van der Waals surface area (Å²) in [6.07, 6.45) is 0. The summed E-state index contributed by atoms with van der Waals surface area (Å²) in [4.78, 5) is 23.8. The first-order valence-corrected chi connectivity index (χ1v) is 6.46. The molecule has 15 heavy (non-hydrogen) atoms. The molecule has 82 valence electrons. The molecule has 0 saturated carbocycles. The Morgan fingerprint density at radius 2 is 2.40 bits per heavy atom. The molecule has 2 rings (SSSR count). The summed E-state index contributed by atoms with van der Waals surface area (Å²) >= 11 is 4.73. The molecule has 2 heterocycles. The number of carbonyl (C=O) groups excluding carboxylic acids is 1. The number of carboxylic acid groups (broad SMARTS) is 1. The smallest absolute Gasteiger partial charge is 0.352 e. The van der Waals surface area contributed by atoms with Gasteiger partial charge >= 0.3 is 5.97 Å². The fourth-order valence-electron chi connectivity index (χ4n) is 1.68. The van der Waals surface area contributed by atoms with Crippen molar-refractivity contribution in [3.63, 3.8) is 0 Å². The van der Waals surface area contributed by atoms with Crippen LogP contribution in [0.1, 0.15) is 0 Å². The van der Waals surface area contributed by atoms with E-state index in [2.05, 4.69) is 15.9 Å². The molecule has 0 unspecified atom stereocenters. The molecule has 0 aliphatic carbocycles. The number of halogens is 1. The molecule has 0 bridgehead atoms. The highest BCUT2D eigenvalue weighted by Gasteiger charge is 2.51. The number of β-lactam (4-membered cyclic amide) rings is 1. The van der Waals surface area contributed by atoms with Gasteiger partial charge in [0.2, 0.25) is 5.91 Å². The Hall–Kier alpha value is -0.530. The lowest BCUT2D eigenvalue weighted by atomic mass is 10.0. The van der Waals surface area contributed by atoms with E-state index in [9.17, 15) is 9.59 Å². The monoisotopic (exact) mass is 292 g/mol. The molecule has 0 aromatic rings. The van der Waals surface area contributed by atoms with Crippen molar-refractivity contribution in [2.75, 3.05) is 11.1 Å². The van der Waals surface area contributed by atoms with Crippen molar-refractivity contribution in [1.82, 2.24) is 4.90 Å². The van der Waals surface area contributed by atoms with Crippen LogP contribution in [0.2, 0.25) is 0 Å². The van der Waals surface area contributed by atoms with E-state index < -0.39 is 12.0 Å². The van der Waals surface area contributed by atoms with Crippen molar-refractivity contribution in [2.45, 2.75) is 11.4 Å². The first kappa shape index (κ1) is 11.0. The van der Waals surface area contributed by atoms with E-state index in [1.165, 1.54) is 16.7 Å². The second kappa shape index (κ2) is 3.80. The van der Waals surface area contributed by atoms with Gasteiger partial charge in [0.1, 0.15) is 17.1 Å². The van der Waals surface area contributed by atoms with Gasteiger partial charge in [0.25, 0.3) is 0 Å². The lowest BCUT2D eigenvalue weighted by Gasteiger charge is -2.47. The maximum Gasteiger partial charge on any atom is 0.352 e. The Labute approximate surface area is 98.8 Å². The molecule has 1 fully saturated rings. The predicted octanol–water partition coefficient (Wildman–Crippen LogP) is -0.0376. The number of rotatable bonds is 2. The Morgan fingerprint density at radius 3 is 2.93 bits per heavy atom. The first-order chi connectivity index (χ1) is 7.07. The van der Waals surface area contributed by atoms with Crippen LogP contribution in [-0.2, 0) is 9.59 Å². The number of nitrogens with two attached hydrogens (primary N) is 1. The third-order valence-electron chi connectivity index (χ3n) is 2.45. The molecule has 3 N–H and O–H groups in total. The molecule has 2 atom stereocenters. The van der Waals surface area contributed by atoms with Crippen molar-refractivity contribution >= 4 is 39.6 Å². The number of aliphatic carboxylic acids is 1. The average molecular weight is 293 g/mol. The number of hydrogen-bond acceptors (Lipinski definition) is 4. The second-order valence-corrected chi connectivity index (χ2v) is 4.99. The fourth-order valence-corrected chi connectivity index (χ4v) is 3.70. The summed E-state index contributed by atoms with van der Waals surface area (Å²) in [6.45, 7) is 0. The van der Waals surface area contributed by atoms with E-state index in [4.69, 9.17) is 10.8 Å². The molecule has 0 radical (unpaired) electrons. The molecule has 0 aromatic heterocycles. The molecule has 1 saturated heterocycles. The van der Waals surface area contributed by atoms with Gasteiger partial charge in [-0.25, -0.2) is 4.79 Å². The Bertz CT molecular complexity index is 371. The topological polar surface area (TPSA) is 83.6 Å². The van der Waals surface area contributed by atoms with Gasteiger partial charge in [0.15, 0.2) is 0 Å². The highest BCUT2D eigenvalue weighted by Crippen LogP contribution is 2.39. The maximum absolute atomic E-state index is 11.4. The van der Waals surface area contributed by atoms with E-state index in [1.54, 1.807) is 0 Å². The molecular formula is C8H9BrN2O3S. The number of amides is 1. The van der Waals surface area contributed by atoms with Crippen molar-refractivity contribution in [2.24, 2.45) is 5.73 Å². The largest absolute Gasteiger partial charge is 0.477 e. The van der Waals surface area contributed by atoms with Crippen LogP contribution in [0.15, 0.2) is 11.3 Å². The zero-order chi connectivity index (χ0) is 11.2. The predicted molar refractivity (Wildman–Crippen MR) is 59.5 cm³/mol. The minimum Gasteiger partial charge on any atom is -0.477 e. The van der Waals surface area contributed by atoms with Crippen LogP contribution in [0.3, 0.4) is 0 Å². The molecule has 0 spiro atoms. The van der Waals surface area contributed by atoms with Crippen molar-refractivity contribution in [1.29, 1.82) is 0 Å². The Balaban J connectivity index is 2.38. The second-order valence-electron chi connectivity index (χ2n) is 3.33. The number of carbonyl (C=O) groups is 2. The molecule has 5 nitrogen and oxygen atoms in total. The van der Waals surface area contributed by atoms with Crippen LogP contribution >= 0.6 is 27.7 Å². The zero-order valence-electron chi connectivity index (χ0n) is 7.64. The molecule has 2 aliphatic rings. The number of nitrogens with zero attached hydrogens (tertiary/aromatic N) is 1.